The molecule has 4 rings (SSSR count). The van der Waals surface area contributed by atoms with E-state index in [1.54, 1.807) is 12.3 Å². The van der Waals surface area contributed by atoms with E-state index in [-0.39, 0.29) is 12.5 Å². The average Bonchev–Trinajstić information content (AvgIpc) is 3.46. The fraction of sp³-hybridized carbons (Fsp3) is 0.429. The van der Waals surface area contributed by atoms with Crippen molar-refractivity contribution < 1.29 is 13.9 Å². The van der Waals surface area contributed by atoms with Gasteiger partial charge < -0.3 is 19.8 Å². The summed E-state index contributed by atoms with van der Waals surface area (Å²) in [5.41, 5.74) is 0.642. The van der Waals surface area contributed by atoms with Crippen LogP contribution in [0.25, 0.3) is 22.3 Å². The third-order valence-electron chi connectivity index (χ3n) is 4.82. The molecule has 0 aromatic carbocycles. The van der Waals surface area contributed by atoms with Crippen molar-refractivity contribution in [3.05, 3.63) is 35.5 Å². The highest BCUT2D eigenvalue weighted by molar-refractivity contribution is 7.13. The van der Waals surface area contributed by atoms with Crippen LogP contribution in [0.4, 0.5) is 5.82 Å². The quantitative estimate of drug-likeness (QED) is 0.487. The number of anilines is 1. The van der Waals surface area contributed by atoms with Crippen LogP contribution >= 0.6 is 11.3 Å². The van der Waals surface area contributed by atoms with E-state index in [4.69, 9.17) is 9.15 Å². The molecule has 1 amide bonds. The lowest BCUT2D eigenvalue weighted by Crippen LogP contribution is -2.38. The van der Waals surface area contributed by atoms with Crippen LogP contribution in [-0.4, -0.2) is 71.7 Å². The van der Waals surface area contributed by atoms with Gasteiger partial charge in [0.05, 0.1) is 19.8 Å². The first-order valence-electron chi connectivity index (χ1n) is 10.3. The molecule has 2 N–H and O–H groups in total. The van der Waals surface area contributed by atoms with Gasteiger partial charge in [-0.25, -0.2) is 15.0 Å². The second-order valence-corrected chi connectivity index (χ2v) is 8.14. The van der Waals surface area contributed by atoms with E-state index in [1.807, 2.05) is 24.4 Å². The van der Waals surface area contributed by atoms with Gasteiger partial charge in [0.15, 0.2) is 11.6 Å². The number of rotatable bonds is 9. The fourth-order valence-electron chi connectivity index (χ4n) is 3.28. The van der Waals surface area contributed by atoms with E-state index in [0.29, 0.717) is 23.1 Å². The minimum Gasteiger partial charge on any atom is -0.458 e. The van der Waals surface area contributed by atoms with Crippen molar-refractivity contribution in [2.75, 3.05) is 51.3 Å². The van der Waals surface area contributed by atoms with Gasteiger partial charge in [-0.05, 0) is 38.6 Å². The lowest BCUT2D eigenvalue weighted by atomic mass is 10.3. The molecular weight excluding hydrogens is 416 g/mol. The smallest absolute Gasteiger partial charge is 0.239 e. The van der Waals surface area contributed by atoms with Gasteiger partial charge in [0.2, 0.25) is 5.91 Å². The molecule has 164 valence electrons. The number of furan rings is 1. The number of morpholine rings is 1. The molecule has 0 saturated carbocycles. The zero-order valence-corrected chi connectivity index (χ0v) is 18.3. The molecule has 0 aliphatic carbocycles. The fourth-order valence-corrected chi connectivity index (χ4v) is 3.87. The number of amides is 1. The highest BCUT2D eigenvalue weighted by Gasteiger charge is 2.14. The molecular formula is C21H26N6O3S. The molecule has 4 heterocycles. The summed E-state index contributed by atoms with van der Waals surface area (Å²) in [4.78, 5) is 28.2. The molecule has 31 heavy (non-hydrogen) atoms. The van der Waals surface area contributed by atoms with Crippen LogP contribution in [0, 0.1) is 6.92 Å². The number of ether oxygens (including phenoxy) is 1. The van der Waals surface area contributed by atoms with E-state index in [0.717, 1.165) is 56.6 Å². The van der Waals surface area contributed by atoms with Crippen molar-refractivity contribution in [2.45, 2.75) is 13.3 Å². The molecule has 1 saturated heterocycles. The SMILES string of the molecule is Cc1ccc(-c2nc(NC(=O)CNCCCN3CCOCC3)cc(-c3nccs3)n2)o1. The Labute approximate surface area is 184 Å². The topological polar surface area (TPSA) is 105 Å². The predicted molar refractivity (Wildman–Crippen MR) is 119 cm³/mol. The third-order valence-corrected chi connectivity index (χ3v) is 5.62. The number of aromatic nitrogens is 3. The van der Waals surface area contributed by atoms with Crippen molar-refractivity contribution in [2.24, 2.45) is 0 Å². The molecule has 0 radical (unpaired) electrons. The predicted octanol–water partition coefficient (Wildman–Crippen LogP) is 2.42. The van der Waals surface area contributed by atoms with Gasteiger partial charge in [-0.1, -0.05) is 0 Å². The number of hydrogen-bond donors (Lipinski definition) is 2. The van der Waals surface area contributed by atoms with E-state index in [9.17, 15) is 4.79 Å². The maximum atomic E-state index is 12.4. The number of carbonyl (C=O) groups excluding carboxylic acids is 1. The van der Waals surface area contributed by atoms with Crippen LogP contribution in [-0.2, 0) is 9.53 Å². The van der Waals surface area contributed by atoms with Crippen LogP contribution in [0.2, 0.25) is 0 Å². The Morgan fingerprint density at radius 1 is 1.26 bits per heavy atom. The van der Waals surface area contributed by atoms with Crippen molar-refractivity contribution in [3.8, 4) is 22.3 Å². The monoisotopic (exact) mass is 442 g/mol. The summed E-state index contributed by atoms with van der Waals surface area (Å²) in [6, 6.07) is 5.40. The largest absolute Gasteiger partial charge is 0.458 e. The Hall–Kier alpha value is -2.66. The maximum Gasteiger partial charge on any atom is 0.239 e. The Kier molecular flexibility index (Phi) is 7.36. The van der Waals surface area contributed by atoms with Crippen LogP contribution in [0.3, 0.4) is 0 Å². The molecule has 1 aliphatic rings. The first-order chi connectivity index (χ1) is 15.2. The molecule has 0 unspecified atom stereocenters. The molecule has 0 bridgehead atoms. The van der Waals surface area contributed by atoms with E-state index >= 15 is 0 Å². The second-order valence-electron chi connectivity index (χ2n) is 7.24. The number of thiazole rings is 1. The van der Waals surface area contributed by atoms with Crippen molar-refractivity contribution >= 4 is 23.1 Å². The summed E-state index contributed by atoms with van der Waals surface area (Å²) >= 11 is 1.47. The number of aryl methyl sites for hydroxylation is 1. The number of hydrogen-bond acceptors (Lipinski definition) is 9. The van der Waals surface area contributed by atoms with Gasteiger partial charge in [0.1, 0.15) is 22.3 Å². The summed E-state index contributed by atoms with van der Waals surface area (Å²) in [6.07, 6.45) is 2.70. The summed E-state index contributed by atoms with van der Waals surface area (Å²) in [5, 5.41) is 8.69. The summed E-state index contributed by atoms with van der Waals surface area (Å²) in [6.45, 7) is 7.42. The van der Waals surface area contributed by atoms with E-state index in [2.05, 4.69) is 30.5 Å². The highest BCUT2D eigenvalue weighted by atomic mass is 32.1. The van der Waals surface area contributed by atoms with Crippen molar-refractivity contribution in [1.82, 2.24) is 25.2 Å². The van der Waals surface area contributed by atoms with Crippen molar-refractivity contribution in [1.29, 1.82) is 0 Å². The Morgan fingerprint density at radius 2 is 2.13 bits per heavy atom. The van der Waals surface area contributed by atoms with Gasteiger partial charge in [-0.15, -0.1) is 11.3 Å². The standard InChI is InChI=1S/C21H26N6O3S/c1-15-3-4-17(30-15)20-24-16(21-23-6-12-31-21)13-18(26-20)25-19(28)14-22-5-2-7-27-8-10-29-11-9-27/h3-4,6,12-13,22H,2,5,7-11,14H2,1H3,(H,24,25,26,28). The molecule has 0 atom stereocenters. The normalized spacial score (nSPS) is 14.6. The zero-order valence-electron chi connectivity index (χ0n) is 17.5. The lowest BCUT2D eigenvalue weighted by molar-refractivity contribution is -0.115. The molecule has 1 fully saturated rings. The molecule has 9 nitrogen and oxygen atoms in total. The van der Waals surface area contributed by atoms with Crippen LogP contribution in [0.5, 0.6) is 0 Å². The van der Waals surface area contributed by atoms with Crippen LogP contribution < -0.4 is 10.6 Å². The lowest BCUT2D eigenvalue weighted by Gasteiger charge is -2.26. The number of carbonyl (C=O) groups is 1. The van der Waals surface area contributed by atoms with Gasteiger partial charge in [0.25, 0.3) is 0 Å². The molecule has 10 heteroatoms. The zero-order chi connectivity index (χ0) is 21.5. The number of nitrogens with zero attached hydrogens (tertiary/aromatic N) is 4. The minimum atomic E-state index is -0.156. The van der Waals surface area contributed by atoms with Gasteiger partial charge in [-0.2, -0.15) is 0 Å². The molecule has 3 aromatic heterocycles. The number of nitrogens with one attached hydrogen (secondary N) is 2. The molecule has 3 aromatic rings. The average molecular weight is 443 g/mol. The summed E-state index contributed by atoms with van der Waals surface area (Å²) in [7, 11) is 0. The van der Waals surface area contributed by atoms with E-state index < -0.39 is 0 Å². The first-order valence-corrected chi connectivity index (χ1v) is 11.2. The Balaban J connectivity index is 1.34. The maximum absolute atomic E-state index is 12.4. The first kappa shape index (κ1) is 21.6. The summed E-state index contributed by atoms with van der Waals surface area (Å²) in [5.74, 6) is 1.99. The molecule has 0 spiro atoms. The van der Waals surface area contributed by atoms with Crippen LogP contribution in [0.15, 0.2) is 34.2 Å². The van der Waals surface area contributed by atoms with Gasteiger partial charge >= 0.3 is 0 Å². The Bertz CT molecular complexity index is 985. The summed E-state index contributed by atoms with van der Waals surface area (Å²) < 4.78 is 11.0. The third kappa shape index (κ3) is 6.17. The Morgan fingerprint density at radius 3 is 2.87 bits per heavy atom. The van der Waals surface area contributed by atoms with E-state index in [1.165, 1.54) is 11.3 Å². The highest BCUT2D eigenvalue weighted by Crippen LogP contribution is 2.26. The second kappa shape index (κ2) is 10.6. The van der Waals surface area contributed by atoms with Gasteiger partial charge in [-0.3, -0.25) is 9.69 Å². The van der Waals surface area contributed by atoms with Crippen LogP contribution in [0.1, 0.15) is 12.2 Å². The van der Waals surface area contributed by atoms with Crippen molar-refractivity contribution in [3.63, 3.8) is 0 Å². The molecule has 1 aliphatic heterocycles. The minimum absolute atomic E-state index is 0.156. The van der Waals surface area contributed by atoms with Gasteiger partial charge in [0, 0.05) is 30.7 Å².